The molecule has 2 rings (SSSR count). The van der Waals surface area contributed by atoms with E-state index < -0.39 is 6.04 Å². The molecule has 0 heterocycles. The summed E-state index contributed by atoms with van der Waals surface area (Å²) in [4.78, 5) is 25.1. The zero-order valence-corrected chi connectivity index (χ0v) is 15.2. The largest absolute Gasteiger partial charge is 0.352 e. The van der Waals surface area contributed by atoms with Gasteiger partial charge in [-0.3, -0.25) is 9.59 Å². The number of nitrogens with one attached hydrogen (secondary N) is 2. The Balaban J connectivity index is 2.01. The molecule has 132 valence electrons. The zero-order chi connectivity index (χ0) is 17.5. The van der Waals surface area contributed by atoms with Gasteiger partial charge in [0.25, 0.3) is 5.91 Å². The van der Waals surface area contributed by atoms with Gasteiger partial charge in [0.15, 0.2) is 0 Å². The molecular formula is C19H27ClN2O2. The lowest BCUT2D eigenvalue weighted by molar-refractivity contribution is -0.124. The van der Waals surface area contributed by atoms with Crippen LogP contribution in [-0.4, -0.2) is 23.9 Å². The van der Waals surface area contributed by atoms with Crippen LogP contribution in [0.25, 0.3) is 0 Å². The highest BCUT2D eigenvalue weighted by Crippen LogP contribution is 2.18. The van der Waals surface area contributed by atoms with Crippen LogP contribution >= 0.6 is 11.6 Å². The maximum atomic E-state index is 12.7. The minimum atomic E-state index is -0.558. The van der Waals surface area contributed by atoms with Crippen LogP contribution < -0.4 is 10.6 Å². The minimum Gasteiger partial charge on any atom is -0.352 e. The number of carbonyl (C=O) groups excluding carboxylic acids is 2. The van der Waals surface area contributed by atoms with Crippen molar-refractivity contribution in [1.82, 2.24) is 10.6 Å². The highest BCUT2D eigenvalue weighted by Gasteiger charge is 2.27. The standard InChI is InChI=1S/C19H27ClN2O2/c1-13(2)17(19(24)21-14-9-5-3-4-6-10-14)22-18(23)15-11-7-8-12-16(15)20/h7-8,11-14,17H,3-6,9-10H2,1-2H3,(H,21,24)(H,22,23)/t17-/m0/s1. The van der Waals surface area contributed by atoms with Crippen molar-refractivity contribution >= 4 is 23.4 Å². The highest BCUT2D eigenvalue weighted by atomic mass is 35.5. The van der Waals surface area contributed by atoms with E-state index >= 15 is 0 Å². The molecule has 2 amide bonds. The van der Waals surface area contributed by atoms with Gasteiger partial charge in [-0.2, -0.15) is 0 Å². The molecule has 0 spiro atoms. The van der Waals surface area contributed by atoms with Gasteiger partial charge in [0, 0.05) is 6.04 Å². The van der Waals surface area contributed by atoms with Gasteiger partial charge in [0.05, 0.1) is 10.6 Å². The molecule has 1 aromatic rings. The molecule has 1 aliphatic rings. The van der Waals surface area contributed by atoms with Crippen molar-refractivity contribution in [3.63, 3.8) is 0 Å². The average Bonchev–Trinajstić information content (AvgIpc) is 2.81. The maximum absolute atomic E-state index is 12.7. The topological polar surface area (TPSA) is 58.2 Å². The Morgan fingerprint density at radius 2 is 1.71 bits per heavy atom. The Morgan fingerprint density at radius 3 is 2.29 bits per heavy atom. The van der Waals surface area contributed by atoms with Crippen LogP contribution in [0.1, 0.15) is 62.7 Å². The van der Waals surface area contributed by atoms with Gasteiger partial charge < -0.3 is 10.6 Å². The van der Waals surface area contributed by atoms with Crippen molar-refractivity contribution in [2.75, 3.05) is 0 Å². The number of benzene rings is 1. The summed E-state index contributed by atoms with van der Waals surface area (Å²) in [5.41, 5.74) is 0.395. The lowest BCUT2D eigenvalue weighted by atomic mass is 10.0. The van der Waals surface area contributed by atoms with Crippen LogP contribution in [0.2, 0.25) is 5.02 Å². The van der Waals surface area contributed by atoms with Gasteiger partial charge in [0.1, 0.15) is 6.04 Å². The fourth-order valence-corrected chi connectivity index (χ4v) is 3.34. The van der Waals surface area contributed by atoms with Crippen LogP contribution in [0.3, 0.4) is 0 Å². The second-order valence-electron chi connectivity index (χ2n) is 6.87. The summed E-state index contributed by atoms with van der Waals surface area (Å²) < 4.78 is 0. The molecular weight excluding hydrogens is 324 g/mol. The van der Waals surface area contributed by atoms with Crippen LogP contribution in [0.4, 0.5) is 0 Å². The molecule has 4 nitrogen and oxygen atoms in total. The summed E-state index contributed by atoms with van der Waals surface area (Å²) >= 11 is 6.07. The molecule has 1 fully saturated rings. The molecule has 1 atom stereocenters. The Bertz CT molecular complexity index is 566. The summed E-state index contributed by atoms with van der Waals surface area (Å²) in [6.45, 7) is 3.87. The van der Waals surface area contributed by atoms with Crippen molar-refractivity contribution in [2.45, 2.75) is 64.5 Å². The maximum Gasteiger partial charge on any atom is 0.253 e. The molecule has 0 aliphatic heterocycles. The van der Waals surface area contributed by atoms with E-state index in [1.807, 2.05) is 13.8 Å². The van der Waals surface area contributed by atoms with E-state index in [4.69, 9.17) is 11.6 Å². The number of hydrogen-bond donors (Lipinski definition) is 2. The predicted molar refractivity (Wildman–Crippen MR) is 97.2 cm³/mol. The minimum absolute atomic E-state index is 0.00205. The first kappa shape index (κ1) is 18.8. The van der Waals surface area contributed by atoms with Gasteiger partial charge in [-0.1, -0.05) is 63.3 Å². The second-order valence-corrected chi connectivity index (χ2v) is 7.28. The van der Waals surface area contributed by atoms with Crippen molar-refractivity contribution < 1.29 is 9.59 Å². The van der Waals surface area contributed by atoms with E-state index in [0.717, 1.165) is 25.7 Å². The van der Waals surface area contributed by atoms with Gasteiger partial charge in [-0.05, 0) is 30.9 Å². The van der Waals surface area contributed by atoms with Crippen LogP contribution in [0, 0.1) is 5.92 Å². The molecule has 0 unspecified atom stereocenters. The average molecular weight is 351 g/mol. The smallest absolute Gasteiger partial charge is 0.253 e. The van der Waals surface area contributed by atoms with Crippen LogP contribution in [0.15, 0.2) is 24.3 Å². The molecule has 0 saturated heterocycles. The monoisotopic (exact) mass is 350 g/mol. The van der Waals surface area contributed by atoms with Crippen LogP contribution in [-0.2, 0) is 4.79 Å². The van der Waals surface area contributed by atoms with E-state index in [0.29, 0.717) is 10.6 Å². The van der Waals surface area contributed by atoms with E-state index in [2.05, 4.69) is 10.6 Å². The Labute approximate surface area is 149 Å². The summed E-state index contributed by atoms with van der Waals surface area (Å²) in [6.07, 6.45) is 6.84. The predicted octanol–water partition coefficient (Wildman–Crippen LogP) is 3.93. The number of amides is 2. The molecule has 24 heavy (non-hydrogen) atoms. The number of rotatable bonds is 5. The Morgan fingerprint density at radius 1 is 1.08 bits per heavy atom. The van der Waals surface area contributed by atoms with Gasteiger partial charge >= 0.3 is 0 Å². The highest BCUT2D eigenvalue weighted by molar-refractivity contribution is 6.33. The van der Waals surface area contributed by atoms with Crippen molar-refractivity contribution in [3.8, 4) is 0 Å². The third kappa shape index (κ3) is 5.23. The molecule has 2 N–H and O–H groups in total. The normalized spacial score (nSPS) is 17.2. The van der Waals surface area contributed by atoms with E-state index in [1.165, 1.54) is 12.8 Å². The van der Waals surface area contributed by atoms with Gasteiger partial charge in [-0.15, -0.1) is 0 Å². The van der Waals surface area contributed by atoms with E-state index in [1.54, 1.807) is 24.3 Å². The Kier molecular flexibility index (Phi) is 7.10. The summed E-state index contributed by atoms with van der Waals surface area (Å²) in [5, 5.41) is 6.36. The molecule has 0 aromatic heterocycles. The summed E-state index contributed by atoms with van der Waals surface area (Å²) in [6, 6.07) is 6.54. The number of halogens is 1. The number of hydrogen-bond acceptors (Lipinski definition) is 2. The van der Waals surface area contributed by atoms with Crippen molar-refractivity contribution in [3.05, 3.63) is 34.9 Å². The summed E-state index contributed by atoms with van der Waals surface area (Å²) in [7, 11) is 0. The third-order valence-electron chi connectivity index (χ3n) is 4.56. The van der Waals surface area contributed by atoms with Crippen molar-refractivity contribution in [1.29, 1.82) is 0 Å². The molecule has 1 saturated carbocycles. The van der Waals surface area contributed by atoms with Gasteiger partial charge in [-0.25, -0.2) is 0 Å². The lowest BCUT2D eigenvalue weighted by Gasteiger charge is -2.25. The second kappa shape index (κ2) is 9.07. The Hall–Kier alpha value is -1.55. The molecule has 1 aromatic carbocycles. The summed E-state index contributed by atoms with van der Waals surface area (Å²) in [5.74, 6) is -0.408. The molecule has 1 aliphatic carbocycles. The third-order valence-corrected chi connectivity index (χ3v) is 4.89. The number of carbonyl (C=O) groups is 2. The van der Waals surface area contributed by atoms with E-state index in [9.17, 15) is 9.59 Å². The van der Waals surface area contributed by atoms with Gasteiger partial charge in [0.2, 0.25) is 5.91 Å². The van der Waals surface area contributed by atoms with Crippen LogP contribution in [0.5, 0.6) is 0 Å². The fourth-order valence-electron chi connectivity index (χ4n) is 3.11. The lowest BCUT2D eigenvalue weighted by Crippen LogP contribution is -2.52. The first-order valence-corrected chi connectivity index (χ1v) is 9.22. The quantitative estimate of drug-likeness (QED) is 0.790. The molecule has 0 bridgehead atoms. The first-order valence-electron chi connectivity index (χ1n) is 8.85. The van der Waals surface area contributed by atoms with Crippen molar-refractivity contribution in [2.24, 2.45) is 5.92 Å². The fraction of sp³-hybridized carbons (Fsp3) is 0.579. The SMILES string of the molecule is CC(C)[C@H](NC(=O)c1ccccc1Cl)C(=O)NC1CCCCCC1. The first-order chi connectivity index (χ1) is 11.5. The molecule has 5 heteroatoms. The van der Waals surface area contributed by atoms with E-state index in [-0.39, 0.29) is 23.8 Å². The molecule has 0 radical (unpaired) electrons. The zero-order valence-electron chi connectivity index (χ0n) is 14.5.